The summed E-state index contributed by atoms with van der Waals surface area (Å²) in [7, 11) is 3.22. The Balaban J connectivity index is 1.91. The highest BCUT2D eigenvalue weighted by atomic mass is 16.5. The van der Waals surface area contributed by atoms with Crippen LogP contribution in [0.2, 0.25) is 0 Å². The zero-order valence-electron chi connectivity index (χ0n) is 14.0. The molecule has 0 saturated heterocycles. The molecule has 1 unspecified atom stereocenters. The number of methoxy groups -OCH3 is 2. The van der Waals surface area contributed by atoms with Gasteiger partial charge in [0.05, 0.1) is 20.3 Å². The second-order valence-corrected chi connectivity index (χ2v) is 5.46. The number of nitrogens with one attached hydrogen (secondary N) is 1. The van der Waals surface area contributed by atoms with E-state index in [0.29, 0.717) is 12.8 Å². The Morgan fingerprint density at radius 2 is 1.83 bits per heavy atom. The van der Waals surface area contributed by atoms with Gasteiger partial charge in [-0.3, -0.25) is 4.79 Å². The number of aryl methyl sites for hydroxylation is 2. The number of furan rings is 1. The molecule has 23 heavy (non-hydrogen) atoms. The van der Waals surface area contributed by atoms with Gasteiger partial charge in [0.15, 0.2) is 0 Å². The van der Waals surface area contributed by atoms with Crippen molar-refractivity contribution in [2.24, 2.45) is 0 Å². The van der Waals surface area contributed by atoms with Gasteiger partial charge < -0.3 is 19.2 Å². The van der Waals surface area contributed by atoms with Gasteiger partial charge in [-0.05, 0) is 50.1 Å². The number of benzene rings is 1. The molecule has 5 heteroatoms. The summed E-state index contributed by atoms with van der Waals surface area (Å²) in [4.78, 5) is 12.1. The minimum absolute atomic E-state index is 0.0201. The molecule has 0 aliphatic rings. The maximum atomic E-state index is 12.1. The molecule has 0 aliphatic heterocycles. The van der Waals surface area contributed by atoms with E-state index in [9.17, 15) is 4.79 Å². The van der Waals surface area contributed by atoms with Crippen LogP contribution in [0.25, 0.3) is 0 Å². The number of hydrogen-bond donors (Lipinski definition) is 1. The first-order valence-corrected chi connectivity index (χ1v) is 7.59. The van der Waals surface area contributed by atoms with E-state index in [4.69, 9.17) is 13.9 Å². The molecule has 1 heterocycles. The third-order valence-corrected chi connectivity index (χ3v) is 3.62. The first kappa shape index (κ1) is 16.9. The van der Waals surface area contributed by atoms with Gasteiger partial charge in [-0.25, -0.2) is 0 Å². The molecule has 2 aromatic rings. The molecule has 0 aliphatic carbocycles. The Hall–Kier alpha value is -2.43. The normalized spacial score (nSPS) is 11.8. The van der Waals surface area contributed by atoms with Crippen LogP contribution in [0.15, 0.2) is 34.7 Å². The molecular weight excluding hydrogens is 294 g/mol. The molecule has 1 amide bonds. The van der Waals surface area contributed by atoms with Gasteiger partial charge in [0.25, 0.3) is 0 Å². The molecule has 0 saturated carbocycles. The summed E-state index contributed by atoms with van der Waals surface area (Å²) in [5, 5.41) is 2.94. The van der Waals surface area contributed by atoms with Crippen LogP contribution in [-0.2, 0) is 11.2 Å². The number of hydrogen-bond acceptors (Lipinski definition) is 4. The Morgan fingerprint density at radius 1 is 1.17 bits per heavy atom. The zero-order valence-corrected chi connectivity index (χ0v) is 14.0. The summed E-state index contributed by atoms with van der Waals surface area (Å²) in [5.74, 6) is 3.02. The third kappa shape index (κ3) is 4.77. The van der Waals surface area contributed by atoms with Crippen molar-refractivity contribution in [2.75, 3.05) is 14.2 Å². The van der Waals surface area contributed by atoms with E-state index in [0.717, 1.165) is 28.6 Å². The van der Waals surface area contributed by atoms with Crippen LogP contribution in [0, 0.1) is 6.92 Å². The van der Waals surface area contributed by atoms with Crippen molar-refractivity contribution in [3.05, 3.63) is 47.4 Å². The summed E-state index contributed by atoms with van der Waals surface area (Å²) in [5.41, 5.74) is 0.998. The van der Waals surface area contributed by atoms with E-state index >= 15 is 0 Å². The monoisotopic (exact) mass is 317 g/mol. The van der Waals surface area contributed by atoms with Crippen molar-refractivity contribution in [2.45, 2.75) is 32.7 Å². The summed E-state index contributed by atoms with van der Waals surface area (Å²) in [6.45, 7) is 3.79. The predicted octanol–water partition coefficient (Wildman–Crippen LogP) is 3.42. The quantitative estimate of drug-likeness (QED) is 0.850. The molecule has 0 fully saturated rings. The van der Waals surface area contributed by atoms with Crippen molar-refractivity contribution in [3.8, 4) is 11.5 Å². The highest BCUT2D eigenvalue weighted by Crippen LogP contribution is 2.23. The molecule has 1 N–H and O–H groups in total. The van der Waals surface area contributed by atoms with Crippen LogP contribution < -0.4 is 14.8 Å². The highest BCUT2D eigenvalue weighted by molar-refractivity contribution is 5.76. The maximum Gasteiger partial charge on any atom is 0.220 e. The van der Waals surface area contributed by atoms with Crippen molar-refractivity contribution >= 4 is 5.91 Å². The predicted molar refractivity (Wildman–Crippen MR) is 87.9 cm³/mol. The average Bonchev–Trinajstić information content (AvgIpc) is 2.99. The lowest BCUT2D eigenvalue weighted by Gasteiger charge is -2.12. The zero-order chi connectivity index (χ0) is 16.8. The van der Waals surface area contributed by atoms with E-state index in [1.165, 1.54) is 0 Å². The van der Waals surface area contributed by atoms with Crippen LogP contribution >= 0.6 is 0 Å². The van der Waals surface area contributed by atoms with E-state index in [-0.39, 0.29) is 11.9 Å². The number of carbonyl (C=O) groups is 1. The van der Waals surface area contributed by atoms with Crippen LogP contribution in [-0.4, -0.2) is 20.1 Å². The van der Waals surface area contributed by atoms with E-state index in [2.05, 4.69) is 5.32 Å². The molecular formula is C18H23NO4. The molecule has 1 aromatic heterocycles. The number of ether oxygens (including phenoxy) is 2. The second-order valence-electron chi connectivity index (χ2n) is 5.46. The van der Waals surface area contributed by atoms with Gasteiger partial charge in [-0.2, -0.15) is 0 Å². The second kappa shape index (κ2) is 7.72. The SMILES string of the molecule is COc1cc(CCC(=O)NC(C)c2ccc(C)o2)cc(OC)c1. The lowest BCUT2D eigenvalue weighted by Crippen LogP contribution is -2.26. The standard InChI is InChI=1S/C18H23NO4/c1-12-5-7-17(23-12)13(2)19-18(20)8-6-14-9-15(21-3)11-16(10-14)22-4/h5,7,9-11,13H,6,8H2,1-4H3,(H,19,20). The molecule has 124 valence electrons. The molecule has 0 spiro atoms. The lowest BCUT2D eigenvalue weighted by molar-refractivity contribution is -0.121. The van der Waals surface area contributed by atoms with Gasteiger partial charge in [-0.15, -0.1) is 0 Å². The third-order valence-electron chi connectivity index (χ3n) is 3.62. The topological polar surface area (TPSA) is 60.7 Å². The summed E-state index contributed by atoms with van der Waals surface area (Å²) < 4.78 is 16.0. The van der Waals surface area contributed by atoms with Gasteiger partial charge in [0, 0.05) is 12.5 Å². The first-order valence-electron chi connectivity index (χ1n) is 7.59. The Kier molecular flexibility index (Phi) is 5.68. The van der Waals surface area contributed by atoms with Crippen LogP contribution in [0.5, 0.6) is 11.5 Å². The summed E-state index contributed by atoms with van der Waals surface area (Å²) in [6, 6.07) is 9.26. The average molecular weight is 317 g/mol. The van der Waals surface area contributed by atoms with E-state index in [1.54, 1.807) is 14.2 Å². The largest absolute Gasteiger partial charge is 0.497 e. The van der Waals surface area contributed by atoms with Gasteiger partial charge in [0.2, 0.25) is 5.91 Å². The molecule has 0 radical (unpaired) electrons. The van der Waals surface area contributed by atoms with Crippen LogP contribution in [0.3, 0.4) is 0 Å². The smallest absolute Gasteiger partial charge is 0.220 e. The minimum Gasteiger partial charge on any atom is -0.497 e. The molecule has 1 atom stereocenters. The number of rotatable bonds is 7. The van der Waals surface area contributed by atoms with Crippen molar-refractivity contribution in [1.29, 1.82) is 0 Å². The molecule has 5 nitrogen and oxygen atoms in total. The van der Waals surface area contributed by atoms with Crippen molar-refractivity contribution < 1.29 is 18.7 Å². The summed E-state index contributed by atoms with van der Waals surface area (Å²) >= 11 is 0. The first-order chi connectivity index (χ1) is 11.0. The Morgan fingerprint density at radius 3 is 2.35 bits per heavy atom. The lowest BCUT2D eigenvalue weighted by atomic mass is 10.1. The fraction of sp³-hybridized carbons (Fsp3) is 0.389. The Labute approximate surface area is 136 Å². The van der Waals surface area contributed by atoms with Crippen LogP contribution in [0.4, 0.5) is 0 Å². The Bertz CT molecular complexity index is 641. The molecule has 0 bridgehead atoms. The van der Waals surface area contributed by atoms with Crippen molar-refractivity contribution in [3.63, 3.8) is 0 Å². The number of carbonyl (C=O) groups excluding carboxylic acids is 1. The van der Waals surface area contributed by atoms with Gasteiger partial charge >= 0.3 is 0 Å². The van der Waals surface area contributed by atoms with Crippen LogP contribution in [0.1, 0.15) is 36.5 Å². The van der Waals surface area contributed by atoms with E-state index < -0.39 is 0 Å². The molecule has 2 rings (SSSR count). The fourth-order valence-corrected chi connectivity index (χ4v) is 2.34. The van der Waals surface area contributed by atoms with Crippen molar-refractivity contribution in [1.82, 2.24) is 5.32 Å². The maximum absolute atomic E-state index is 12.1. The number of amides is 1. The molecule has 1 aromatic carbocycles. The highest BCUT2D eigenvalue weighted by Gasteiger charge is 2.13. The van der Waals surface area contributed by atoms with E-state index in [1.807, 2.05) is 44.2 Å². The van der Waals surface area contributed by atoms with Gasteiger partial charge in [0.1, 0.15) is 23.0 Å². The fourth-order valence-electron chi connectivity index (χ4n) is 2.34. The summed E-state index contributed by atoms with van der Waals surface area (Å²) in [6.07, 6.45) is 1.00. The van der Waals surface area contributed by atoms with Gasteiger partial charge in [-0.1, -0.05) is 0 Å². The minimum atomic E-state index is -0.143.